The molecule has 0 bridgehead atoms. The normalized spacial score (nSPS) is 11.2. The molecule has 0 aliphatic carbocycles. The molecule has 1 heterocycles. The van der Waals surface area contributed by atoms with Gasteiger partial charge in [0.15, 0.2) is 5.13 Å². The van der Waals surface area contributed by atoms with E-state index < -0.39 is 0 Å². The van der Waals surface area contributed by atoms with Gasteiger partial charge in [-0.2, -0.15) is 0 Å². The second kappa shape index (κ2) is 5.33. The minimum absolute atomic E-state index is 0.270. The summed E-state index contributed by atoms with van der Waals surface area (Å²) in [6.45, 7) is 5.52. The van der Waals surface area contributed by atoms with E-state index in [1.165, 1.54) is 0 Å². The van der Waals surface area contributed by atoms with E-state index in [2.05, 4.69) is 10.3 Å². The first-order valence-corrected chi connectivity index (χ1v) is 6.48. The van der Waals surface area contributed by atoms with E-state index in [-0.39, 0.29) is 6.10 Å². The minimum atomic E-state index is 0.270. The summed E-state index contributed by atoms with van der Waals surface area (Å²) in [4.78, 5) is 4.47. The van der Waals surface area contributed by atoms with E-state index in [9.17, 15) is 0 Å². The van der Waals surface area contributed by atoms with Crippen LogP contribution >= 0.6 is 11.3 Å². The van der Waals surface area contributed by atoms with E-state index in [4.69, 9.17) is 10.5 Å². The van der Waals surface area contributed by atoms with Gasteiger partial charge in [0.25, 0.3) is 0 Å². The Morgan fingerprint density at radius 1 is 1.47 bits per heavy atom. The van der Waals surface area contributed by atoms with Gasteiger partial charge in [-0.25, -0.2) is 4.98 Å². The van der Waals surface area contributed by atoms with Crippen molar-refractivity contribution in [1.82, 2.24) is 4.98 Å². The molecule has 0 aliphatic heterocycles. The van der Waals surface area contributed by atoms with Crippen LogP contribution < -0.4 is 11.1 Å². The molecule has 0 amide bonds. The molecule has 0 fully saturated rings. The summed E-state index contributed by atoms with van der Waals surface area (Å²) < 4.78 is 6.56. The second-order valence-electron chi connectivity index (χ2n) is 4.09. The zero-order valence-corrected chi connectivity index (χ0v) is 10.9. The monoisotopic (exact) mass is 251 g/mol. The van der Waals surface area contributed by atoms with E-state index >= 15 is 0 Å². The molecule has 3 N–H and O–H groups in total. The first kappa shape index (κ1) is 12.1. The van der Waals surface area contributed by atoms with Gasteiger partial charge in [-0.1, -0.05) is 11.3 Å². The number of thiazole rings is 1. The molecule has 0 unspecified atom stereocenters. The Morgan fingerprint density at radius 3 is 3.06 bits per heavy atom. The molecule has 1 aromatic carbocycles. The van der Waals surface area contributed by atoms with Gasteiger partial charge in [-0.15, -0.1) is 0 Å². The van der Waals surface area contributed by atoms with Gasteiger partial charge in [-0.05, 0) is 32.0 Å². The maximum atomic E-state index is 5.73. The Morgan fingerprint density at radius 2 is 2.29 bits per heavy atom. The van der Waals surface area contributed by atoms with Crippen LogP contribution in [0.15, 0.2) is 18.2 Å². The van der Waals surface area contributed by atoms with E-state index in [0.717, 1.165) is 27.6 Å². The minimum Gasteiger partial charge on any atom is -0.399 e. The highest BCUT2D eigenvalue weighted by Gasteiger charge is 2.03. The van der Waals surface area contributed by atoms with Crippen molar-refractivity contribution in [3.63, 3.8) is 0 Å². The third-order valence-corrected chi connectivity index (χ3v) is 3.22. The maximum absolute atomic E-state index is 5.73. The number of hydrogen-bond acceptors (Lipinski definition) is 5. The molecule has 0 radical (unpaired) electrons. The Bertz CT molecular complexity index is 495. The average molecular weight is 251 g/mol. The predicted molar refractivity (Wildman–Crippen MR) is 73.6 cm³/mol. The summed E-state index contributed by atoms with van der Waals surface area (Å²) in [6, 6.07) is 5.76. The molecule has 0 saturated heterocycles. The predicted octanol–water partition coefficient (Wildman–Crippen LogP) is 2.72. The van der Waals surface area contributed by atoms with Crippen molar-refractivity contribution in [2.45, 2.75) is 20.0 Å². The summed E-state index contributed by atoms with van der Waals surface area (Å²) in [5.41, 5.74) is 7.48. The zero-order valence-electron chi connectivity index (χ0n) is 10.1. The summed E-state index contributed by atoms with van der Waals surface area (Å²) in [6.07, 6.45) is 0.270. The lowest BCUT2D eigenvalue weighted by Crippen LogP contribution is -2.12. The number of aromatic nitrogens is 1. The van der Waals surface area contributed by atoms with Crippen molar-refractivity contribution in [1.29, 1.82) is 0 Å². The van der Waals surface area contributed by atoms with Crippen molar-refractivity contribution in [3.8, 4) is 0 Å². The Hall–Kier alpha value is -1.33. The fourth-order valence-electron chi connectivity index (χ4n) is 1.47. The summed E-state index contributed by atoms with van der Waals surface area (Å²) >= 11 is 1.61. The topological polar surface area (TPSA) is 60.2 Å². The fraction of sp³-hybridized carbons (Fsp3) is 0.417. The number of nitrogen functional groups attached to an aromatic ring is 1. The van der Waals surface area contributed by atoms with Crippen LogP contribution in [0, 0.1) is 0 Å². The van der Waals surface area contributed by atoms with Gasteiger partial charge in [0.1, 0.15) is 0 Å². The smallest absolute Gasteiger partial charge is 0.183 e. The van der Waals surface area contributed by atoms with Crippen molar-refractivity contribution in [2.24, 2.45) is 0 Å². The van der Waals surface area contributed by atoms with Crippen LogP contribution in [-0.4, -0.2) is 24.2 Å². The molecule has 2 aromatic rings. The summed E-state index contributed by atoms with van der Waals surface area (Å²) in [7, 11) is 0. The number of ether oxygens (including phenoxy) is 1. The third kappa shape index (κ3) is 3.31. The molecule has 4 nitrogen and oxygen atoms in total. The highest BCUT2D eigenvalue weighted by atomic mass is 32.1. The number of rotatable bonds is 5. The van der Waals surface area contributed by atoms with Crippen LogP contribution in [0.2, 0.25) is 0 Å². The SMILES string of the molecule is CC(C)OCCNc1nc2ccc(N)cc2s1. The lowest BCUT2D eigenvalue weighted by Gasteiger charge is -2.07. The summed E-state index contributed by atoms with van der Waals surface area (Å²) in [5.74, 6) is 0. The molecular weight excluding hydrogens is 234 g/mol. The quantitative estimate of drug-likeness (QED) is 0.633. The first-order chi connectivity index (χ1) is 8.15. The Kier molecular flexibility index (Phi) is 3.81. The molecule has 5 heteroatoms. The van der Waals surface area contributed by atoms with Gasteiger partial charge in [0, 0.05) is 12.2 Å². The molecule has 1 aromatic heterocycles. The number of nitrogens with two attached hydrogens (primary N) is 1. The van der Waals surface area contributed by atoms with Crippen LogP contribution in [-0.2, 0) is 4.74 Å². The van der Waals surface area contributed by atoms with Crippen LogP contribution in [0.25, 0.3) is 10.2 Å². The van der Waals surface area contributed by atoms with E-state index in [1.54, 1.807) is 11.3 Å². The molecule has 0 saturated carbocycles. The Labute approximate surface area is 105 Å². The number of anilines is 2. The van der Waals surface area contributed by atoms with Crippen LogP contribution in [0.4, 0.5) is 10.8 Å². The van der Waals surface area contributed by atoms with Crippen molar-refractivity contribution in [3.05, 3.63) is 18.2 Å². The van der Waals surface area contributed by atoms with Crippen molar-refractivity contribution in [2.75, 3.05) is 24.2 Å². The fourth-order valence-corrected chi connectivity index (χ4v) is 2.41. The molecule has 0 spiro atoms. The lowest BCUT2D eigenvalue weighted by molar-refractivity contribution is 0.0870. The standard InChI is InChI=1S/C12H17N3OS/c1-8(2)16-6-5-14-12-15-10-4-3-9(13)7-11(10)17-12/h3-4,7-8H,5-6,13H2,1-2H3,(H,14,15). The molecule has 0 aliphatic rings. The Balaban J connectivity index is 1.95. The number of nitrogens with zero attached hydrogens (tertiary/aromatic N) is 1. The largest absolute Gasteiger partial charge is 0.399 e. The highest BCUT2D eigenvalue weighted by Crippen LogP contribution is 2.27. The van der Waals surface area contributed by atoms with Crippen LogP contribution in [0.1, 0.15) is 13.8 Å². The highest BCUT2D eigenvalue weighted by molar-refractivity contribution is 7.22. The van der Waals surface area contributed by atoms with Crippen molar-refractivity contribution >= 4 is 32.4 Å². The molecule has 0 atom stereocenters. The van der Waals surface area contributed by atoms with Gasteiger partial charge >= 0.3 is 0 Å². The number of benzene rings is 1. The lowest BCUT2D eigenvalue weighted by atomic mass is 10.3. The number of nitrogens with one attached hydrogen (secondary N) is 1. The zero-order chi connectivity index (χ0) is 12.3. The van der Waals surface area contributed by atoms with E-state index in [0.29, 0.717) is 6.61 Å². The van der Waals surface area contributed by atoms with Gasteiger partial charge in [-0.3, -0.25) is 0 Å². The van der Waals surface area contributed by atoms with Gasteiger partial charge < -0.3 is 15.8 Å². The molecular formula is C12H17N3OS. The molecule has 17 heavy (non-hydrogen) atoms. The van der Waals surface area contributed by atoms with Crippen LogP contribution in [0.5, 0.6) is 0 Å². The average Bonchev–Trinajstić information content (AvgIpc) is 2.66. The number of fused-ring (bicyclic) bond motifs is 1. The van der Waals surface area contributed by atoms with Crippen LogP contribution in [0.3, 0.4) is 0 Å². The van der Waals surface area contributed by atoms with E-state index in [1.807, 2.05) is 32.0 Å². The second-order valence-corrected chi connectivity index (χ2v) is 5.12. The summed E-state index contributed by atoms with van der Waals surface area (Å²) in [5, 5.41) is 4.17. The first-order valence-electron chi connectivity index (χ1n) is 5.66. The van der Waals surface area contributed by atoms with Gasteiger partial charge in [0.2, 0.25) is 0 Å². The molecule has 2 rings (SSSR count). The maximum Gasteiger partial charge on any atom is 0.183 e. The van der Waals surface area contributed by atoms with Crippen molar-refractivity contribution < 1.29 is 4.74 Å². The number of hydrogen-bond donors (Lipinski definition) is 2. The van der Waals surface area contributed by atoms with Gasteiger partial charge in [0.05, 0.1) is 22.9 Å². The third-order valence-electron chi connectivity index (χ3n) is 2.24. The molecule has 92 valence electrons.